The van der Waals surface area contributed by atoms with Crippen molar-refractivity contribution in [2.75, 3.05) is 17.6 Å². The number of hydrogen-bond acceptors (Lipinski definition) is 5. The van der Waals surface area contributed by atoms with Gasteiger partial charge in [0.1, 0.15) is 5.82 Å². The number of halogens is 1. The highest BCUT2D eigenvalue weighted by atomic mass is 79.9. The molecule has 5 N–H and O–H groups in total. The van der Waals surface area contributed by atoms with Gasteiger partial charge in [-0.2, -0.15) is 0 Å². The molecule has 0 aliphatic heterocycles. The Bertz CT molecular complexity index is 705. The van der Waals surface area contributed by atoms with Crippen LogP contribution in [0.5, 0.6) is 0 Å². The van der Waals surface area contributed by atoms with E-state index in [1.807, 2.05) is 10.6 Å². The minimum absolute atomic E-state index is 0.0274. The van der Waals surface area contributed by atoms with E-state index < -0.39 is 5.91 Å². The molecule has 2 heterocycles. The smallest absolute Gasteiger partial charge is 0.262 e. The zero-order chi connectivity index (χ0) is 16.5. The van der Waals surface area contributed by atoms with Crippen molar-refractivity contribution in [2.45, 2.75) is 27.2 Å². The summed E-state index contributed by atoms with van der Waals surface area (Å²) in [6, 6.07) is 1.79. The quantitative estimate of drug-likeness (QED) is 0.488. The van der Waals surface area contributed by atoms with Crippen LogP contribution < -0.4 is 16.5 Å². The van der Waals surface area contributed by atoms with Crippen LogP contribution in [0.1, 0.15) is 26.5 Å². The summed E-state index contributed by atoms with van der Waals surface area (Å²) in [6.07, 6.45) is 2.55. The minimum Gasteiger partial charge on any atom is -0.396 e. The van der Waals surface area contributed by atoms with Gasteiger partial charge in [-0.1, -0.05) is 20.8 Å². The summed E-state index contributed by atoms with van der Waals surface area (Å²) in [5.74, 6) is 0.168. The molecule has 0 atom stereocenters. The number of nitrogen functional groups attached to an aromatic ring is 1. The first-order valence-electron chi connectivity index (χ1n) is 6.84. The molecule has 0 bridgehead atoms. The number of hydrogen-bond donors (Lipinski definition) is 4. The lowest BCUT2D eigenvalue weighted by Crippen LogP contribution is -2.27. The minimum atomic E-state index is -0.528. The molecule has 0 aliphatic carbocycles. The van der Waals surface area contributed by atoms with E-state index in [9.17, 15) is 4.79 Å². The molecule has 7 nitrogen and oxygen atoms in total. The molecule has 22 heavy (non-hydrogen) atoms. The number of amides is 1. The van der Waals surface area contributed by atoms with Gasteiger partial charge in [0.15, 0.2) is 5.65 Å². The number of pyridine rings is 1. The zero-order valence-corrected chi connectivity index (χ0v) is 14.4. The first-order chi connectivity index (χ1) is 10.2. The number of carbonyl (C=O) groups excluding carboxylic acids is 1. The lowest BCUT2D eigenvalue weighted by molar-refractivity contribution is -0.127. The lowest BCUT2D eigenvalue weighted by Gasteiger charge is -2.17. The van der Waals surface area contributed by atoms with Gasteiger partial charge in [0.05, 0.1) is 17.9 Å². The maximum absolute atomic E-state index is 11.3. The van der Waals surface area contributed by atoms with Crippen LogP contribution in [0, 0.1) is 5.41 Å². The van der Waals surface area contributed by atoms with E-state index in [2.05, 4.69) is 47.0 Å². The second-order valence-corrected chi connectivity index (χ2v) is 7.26. The Hall–Kier alpha value is -1.80. The summed E-state index contributed by atoms with van der Waals surface area (Å²) < 4.78 is 2.62. The molecule has 0 fully saturated rings. The Labute approximate surface area is 137 Å². The molecule has 0 spiro atoms. The SMILES string of the molecule is CC(C)(C)Cc1nc2c(N)cc(Br)cn2c1NCC(=O)NO. The van der Waals surface area contributed by atoms with Gasteiger partial charge >= 0.3 is 0 Å². The predicted octanol–water partition coefficient (Wildman–Crippen LogP) is 2.18. The molecule has 0 aliphatic rings. The van der Waals surface area contributed by atoms with E-state index >= 15 is 0 Å². The second kappa shape index (κ2) is 6.13. The first-order valence-corrected chi connectivity index (χ1v) is 7.63. The number of nitrogens with one attached hydrogen (secondary N) is 2. The number of anilines is 2. The molecule has 2 aromatic rings. The van der Waals surface area contributed by atoms with Gasteiger partial charge in [-0.25, -0.2) is 10.5 Å². The topological polar surface area (TPSA) is 105 Å². The zero-order valence-electron chi connectivity index (χ0n) is 12.8. The molecule has 120 valence electrons. The van der Waals surface area contributed by atoms with E-state index in [1.165, 1.54) is 0 Å². The van der Waals surface area contributed by atoms with Gasteiger partial charge < -0.3 is 11.1 Å². The fraction of sp³-hybridized carbons (Fsp3) is 0.429. The monoisotopic (exact) mass is 369 g/mol. The highest BCUT2D eigenvalue weighted by Crippen LogP contribution is 2.30. The van der Waals surface area contributed by atoms with E-state index in [1.54, 1.807) is 11.5 Å². The number of aromatic nitrogens is 2. The van der Waals surface area contributed by atoms with Gasteiger partial charge in [-0.3, -0.25) is 14.4 Å². The number of nitrogens with two attached hydrogens (primary N) is 1. The predicted molar refractivity (Wildman–Crippen MR) is 88.9 cm³/mol. The van der Waals surface area contributed by atoms with E-state index in [4.69, 9.17) is 10.9 Å². The van der Waals surface area contributed by atoms with E-state index in [0.717, 1.165) is 16.6 Å². The average molecular weight is 370 g/mol. The fourth-order valence-electron chi connectivity index (χ4n) is 2.20. The third-order valence-electron chi connectivity index (χ3n) is 3.03. The molecule has 0 saturated heterocycles. The van der Waals surface area contributed by atoms with Gasteiger partial charge in [0, 0.05) is 10.7 Å². The summed E-state index contributed by atoms with van der Waals surface area (Å²) >= 11 is 3.41. The lowest BCUT2D eigenvalue weighted by atomic mass is 9.90. The molecule has 8 heteroatoms. The third kappa shape index (κ3) is 3.69. The molecule has 0 radical (unpaired) electrons. The van der Waals surface area contributed by atoms with Crippen LogP contribution in [0.4, 0.5) is 11.5 Å². The van der Waals surface area contributed by atoms with Gasteiger partial charge in [-0.05, 0) is 33.8 Å². The fourth-order valence-corrected chi connectivity index (χ4v) is 2.65. The molecule has 0 aromatic carbocycles. The van der Waals surface area contributed by atoms with Crippen molar-refractivity contribution in [1.82, 2.24) is 14.9 Å². The van der Waals surface area contributed by atoms with Crippen molar-refractivity contribution in [2.24, 2.45) is 5.41 Å². The molecule has 2 aromatic heterocycles. The summed E-state index contributed by atoms with van der Waals surface area (Å²) in [5, 5.41) is 11.6. The van der Waals surface area contributed by atoms with Crippen molar-refractivity contribution < 1.29 is 10.0 Å². The van der Waals surface area contributed by atoms with Crippen LogP contribution in [0.25, 0.3) is 5.65 Å². The van der Waals surface area contributed by atoms with E-state index in [-0.39, 0.29) is 12.0 Å². The molecular weight excluding hydrogens is 350 g/mol. The Morgan fingerprint density at radius 3 is 2.77 bits per heavy atom. The Morgan fingerprint density at radius 2 is 2.18 bits per heavy atom. The number of fused-ring (bicyclic) bond motifs is 1. The summed E-state index contributed by atoms with van der Waals surface area (Å²) in [4.78, 5) is 15.9. The maximum atomic E-state index is 11.3. The normalized spacial score (nSPS) is 11.7. The Morgan fingerprint density at radius 1 is 1.50 bits per heavy atom. The Balaban J connectivity index is 2.51. The van der Waals surface area contributed by atoms with Gasteiger partial charge in [-0.15, -0.1) is 0 Å². The highest BCUT2D eigenvalue weighted by molar-refractivity contribution is 9.10. The van der Waals surface area contributed by atoms with Crippen molar-refractivity contribution in [1.29, 1.82) is 0 Å². The van der Waals surface area contributed by atoms with E-state index in [0.29, 0.717) is 17.2 Å². The first kappa shape index (κ1) is 16.6. The van der Waals surface area contributed by atoms with Crippen LogP contribution in [0.3, 0.4) is 0 Å². The second-order valence-electron chi connectivity index (χ2n) is 6.34. The Kier molecular flexibility index (Phi) is 4.62. The van der Waals surface area contributed by atoms with Gasteiger partial charge in [0.2, 0.25) is 0 Å². The van der Waals surface area contributed by atoms with Crippen molar-refractivity contribution >= 4 is 39.0 Å². The van der Waals surface area contributed by atoms with Crippen molar-refractivity contribution in [3.8, 4) is 0 Å². The van der Waals surface area contributed by atoms with Crippen LogP contribution in [-0.4, -0.2) is 27.0 Å². The largest absolute Gasteiger partial charge is 0.396 e. The van der Waals surface area contributed by atoms with Crippen molar-refractivity contribution in [3.05, 3.63) is 22.4 Å². The summed E-state index contributed by atoms with van der Waals surface area (Å²) in [6.45, 7) is 6.27. The molecule has 1 amide bonds. The average Bonchev–Trinajstić information content (AvgIpc) is 2.72. The van der Waals surface area contributed by atoms with Crippen molar-refractivity contribution in [3.63, 3.8) is 0 Å². The highest BCUT2D eigenvalue weighted by Gasteiger charge is 2.20. The number of imidazole rings is 1. The standard InChI is InChI=1S/C14H20BrN5O2/c1-14(2,3)5-10-13(17-6-11(21)19-22)20-7-8(15)4-9(16)12(20)18-10/h4,7,17,22H,5-6,16H2,1-3H3,(H,19,21). The number of nitrogens with zero attached hydrogens (tertiary/aromatic N) is 2. The third-order valence-corrected chi connectivity index (χ3v) is 3.46. The van der Waals surface area contributed by atoms with Crippen LogP contribution in [0.15, 0.2) is 16.7 Å². The van der Waals surface area contributed by atoms with Gasteiger partial charge in [0.25, 0.3) is 5.91 Å². The van der Waals surface area contributed by atoms with Crippen LogP contribution in [-0.2, 0) is 11.2 Å². The number of hydroxylamine groups is 1. The molecular formula is C14H20BrN5O2. The molecule has 0 saturated carbocycles. The number of carbonyl (C=O) groups is 1. The molecule has 2 rings (SSSR count). The summed E-state index contributed by atoms with van der Waals surface area (Å²) in [7, 11) is 0. The van der Waals surface area contributed by atoms with Crippen LogP contribution >= 0.6 is 15.9 Å². The summed E-state index contributed by atoms with van der Waals surface area (Å²) in [5.41, 5.74) is 9.65. The number of rotatable bonds is 4. The van der Waals surface area contributed by atoms with Crippen LogP contribution in [0.2, 0.25) is 0 Å². The maximum Gasteiger partial charge on any atom is 0.262 e. The molecule has 0 unspecified atom stereocenters.